The maximum atomic E-state index is 13.6. The Hall–Kier alpha value is -3.54. The Labute approximate surface area is 181 Å². The van der Waals surface area contributed by atoms with Gasteiger partial charge in [0.2, 0.25) is 5.91 Å². The zero-order valence-electron chi connectivity index (χ0n) is 18.1. The van der Waals surface area contributed by atoms with E-state index in [9.17, 15) is 23.2 Å². The number of benzene rings is 1. The minimum absolute atomic E-state index is 0.0312. The Morgan fingerprint density at radius 2 is 1.91 bits per heavy atom. The maximum absolute atomic E-state index is 13.6. The quantitative estimate of drug-likeness (QED) is 0.549. The van der Waals surface area contributed by atoms with Crippen molar-refractivity contribution in [1.82, 2.24) is 34.5 Å². The average Bonchev–Trinajstić information content (AvgIpc) is 2.76. The summed E-state index contributed by atoms with van der Waals surface area (Å²) in [4.78, 5) is 43.4. The first-order valence-electron chi connectivity index (χ1n) is 9.78. The number of hydrogen-bond acceptors (Lipinski definition) is 7. The van der Waals surface area contributed by atoms with Crippen LogP contribution in [0.4, 0.5) is 8.78 Å². The molecule has 170 valence electrons. The van der Waals surface area contributed by atoms with Crippen molar-refractivity contribution < 1.29 is 13.6 Å². The molecule has 0 aliphatic heterocycles. The average molecular weight is 447 g/mol. The highest BCUT2D eigenvalue weighted by atomic mass is 19.2. The molecule has 0 saturated heterocycles. The van der Waals surface area contributed by atoms with E-state index in [1.165, 1.54) is 13.1 Å². The van der Waals surface area contributed by atoms with Gasteiger partial charge >= 0.3 is 5.69 Å². The molecule has 3 rings (SSSR count). The van der Waals surface area contributed by atoms with Crippen molar-refractivity contribution in [3.63, 3.8) is 0 Å². The first-order valence-corrected chi connectivity index (χ1v) is 9.78. The molecule has 0 aliphatic rings. The third-order valence-corrected chi connectivity index (χ3v) is 5.12. The molecule has 1 N–H and O–H groups in total. The molecule has 1 unspecified atom stereocenters. The van der Waals surface area contributed by atoms with E-state index in [0.717, 1.165) is 21.3 Å². The predicted molar refractivity (Wildman–Crippen MR) is 112 cm³/mol. The van der Waals surface area contributed by atoms with E-state index >= 15 is 0 Å². The summed E-state index contributed by atoms with van der Waals surface area (Å²) in [6, 6.07) is 3.25. The van der Waals surface area contributed by atoms with E-state index in [2.05, 4.69) is 20.5 Å². The fraction of sp³-hybridized carbons (Fsp3) is 0.400. The monoisotopic (exact) mass is 447 g/mol. The Kier molecular flexibility index (Phi) is 6.72. The molecule has 3 aromatic rings. The van der Waals surface area contributed by atoms with Gasteiger partial charge in [-0.2, -0.15) is 0 Å². The summed E-state index contributed by atoms with van der Waals surface area (Å²) in [5.74, 6) is -2.19. The molecule has 1 aromatic carbocycles. The SMILES string of the molecule is CC(CC(=O)NCc1nnc2c(n1)c(=O)n(C)c(=O)n2Cc1ccc(F)c(F)c1)N(C)C. The summed E-state index contributed by atoms with van der Waals surface area (Å²) in [7, 11) is 5.01. The van der Waals surface area contributed by atoms with Crippen LogP contribution in [0.15, 0.2) is 27.8 Å². The van der Waals surface area contributed by atoms with Crippen molar-refractivity contribution in [2.75, 3.05) is 14.1 Å². The van der Waals surface area contributed by atoms with Crippen LogP contribution < -0.4 is 16.6 Å². The maximum Gasteiger partial charge on any atom is 0.332 e. The third-order valence-electron chi connectivity index (χ3n) is 5.12. The number of carbonyl (C=O) groups is 1. The van der Waals surface area contributed by atoms with Crippen LogP contribution >= 0.6 is 0 Å². The number of amides is 1. The summed E-state index contributed by atoms with van der Waals surface area (Å²) in [6.07, 6.45) is 0.267. The molecule has 1 amide bonds. The zero-order chi connectivity index (χ0) is 23.6. The highest BCUT2D eigenvalue weighted by molar-refractivity contribution is 5.76. The van der Waals surface area contributed by atoms with E-state index in [0.29, 0.717) is 5.56 Å². The number of nitrogens with one attached hydrogen (secondary N) is 1. The van der Waals surface area contributed by atoms with Crippen molar-refractivity contribution in [3.8, 4) is 0 Å². The van der Waals surface area contributed by atoms with Crippen molar-refractivity contribution in [2.45, 2.75) is 32.5 Å². The summed E-state index contributed by atoms with van der Waals surface area (Å²) < 4.78 is 28.7. The minimum atomic E-state index is -1.06. The van der Waals surface area contributed by atoms with Gasteiger partial charge < -0.3 is 10.2 Å². The van der Waals surface area contributed by atoms with Crippen LogP contribution in [-0.4, -0.2) is 55.3 Å². The minimum Gasteiger partial charge on any atom is -0.349 e. The van der Waals surface area contributed by atoms with Gasteiger partial charge in [-0.3, -0.25) is 18.7 Å². The molecule has 0 radical (unpaired) electrons. The molecule has 0 bridgehead atoms. The topological polar surface area (TPSA) is 115 Å². The molecular formula is C20H23F2N7O3. The number of aromatic nitrogens is 5. The van der Waals surface area contributed by atoms with Crippen molar-refractivity contribution in [1.29, 1.82) is 0 Å². The van der Waals surface area contributed by atoms with Crippen molar-refractivity contribution in [2.24, 2.45) is 7.05 Å². The largest absolute Gasteiger partial charge is 0.349 e. The first-order chi connectivity index (χ1) is 15.1. The second kappa shape index (κ2) is 9.30. The Morgan fingerprint density at radius 3 is 2.56 bits per heavy atom. The molecular weight excluding hydrogens is 424 g/mol. The van der Waals surface area contributed by atoms with Crippen molar-refractivity contribution in [3.05, 3.63) is 62.1 Å². The molecule has 2 heterocycles. The molecule has 0 fully saturated rings. The van der Waals surface area contributed by atoms with Crippen LogP contribution in [0, 0.1) is 11.6 Å². The van der Waals surface area contributed by atoms with Crippen molar-refractivity contribution >= 4 is 17.1 Å². The molecule has 0 aliphatic carbocycles. The first kappa shape index (κ1) is 23.1. The number of rotatable bonds is 7. The second-order valence-corrected chi connectivity index (χ2v) is 7.68. The number of carbonyl (C=O) groups excluding carboxylic acids is 1. The summed E-state index contributed by atoms with van der Waals surface area (Å²) in [5.41, 5.74) is -1.33. The Bertz CT molecular complexity index is 1290. The highest BCUT2D eigenvalue weighted by Gasteiger charge is 2.17. The lowest BCUT2D eigenvalue weighted by molar-refractivity contribution is -0.122. The lowest BCUT2D eigenvalue weighted by atomic mass is 10.2. The van der Waals surface area contributed by atoms with E-state index in [-0.39, 0.29) is 48.4 Å². The molecule has 0 spiro atoms. The van der Waals surface area contributed by atoms with Gasteiger partial charge in [-0.1, -0.05) is 6.07 Å². The fourth-order valence-corrected chi connectivity index (χ4v) is 2.94. The lowest BCUT2D eigenvalue weighted by Crippen LogP contribution is -2.39. The number of halogens is 2. The van der Waals surface area contributed by atoms with Gasteiger partial charge in [0, 0.05) is 19.5 Å². The van der Waals surface area contributed by atoms with Gasteiger partial charge in [0.25, 0.3) is 5.56 Å². The van der Waals surface area contributed by atoms with E-state index in [1.807, 2.05) is 25.9 Å². The standard InChI is InChI=1S/C20H23F2N7O3/c1-11(27(2)3)7-16(30)23-9-15-24-17-18(26-25-15)29(20(32)28(4)19(17)31)10-12-5-6-13(21)14(22)8-12/h5-6,8,11H,7,9-10H2,1-4H3,(H,23,30). The number of hydrogen-bond donors (Lipinski definition) is 1. The van der Waals surface area contributed by atoms with Crippen LogP contribution in [0.25, 0.3) is 11.2 Å². The van der Waals surface area contributed by atoms with Gasteiger partial charge in [-0.05, 0) is 38.7 Å². The molecule has 1 atom stereocenters. The number of nitrogens with zero attached hydrogens (tertiary/aromatic N) is 6. The molecule has 2 aromatic heterocycles. The molecule has 32 heavy (non-hydrogen) atoms. The van der Waals surface area contributed by atoms with Crippen LogP contribution in [0.3, 0.4) is 0 Å². The lowest BCUT2D eigenvalue weighted by Gasteiger charge is -2.18. The number of fused-ring (bicyclic) bond motifs is 1. The Morgan fingerprint density at radius 1 is 1.19 bits per heavy atom. The summed E-state index contributed by atoms with van der Waals surface area (Å²) >= 11 is 0. The predicted octanol–water partition coefficient (Wildman–Crippen LogP) is 0.168. The van der Waals surface area contributed by atoms with Gasteiger partial charge in [0.1, 0.15) is 0 Å². The third kappa shape index (κ3) is 4.85. The van der Waals surface area contributed by atoms with E-state index in [1.54, 1.807) is 0 Å². The van der Waals surface area contributed by atoms with E-state index < -0.39 is 22.9 Å². The molecule has 12 heteroatoms. The zero-order valence-corrected chi connectivity index (χ0v) is 18.1. The van der Waals surface area contributed by atoms with Gasteiger partial charge in [-0.25, -0.2) is 18.6 Å². The Balaban J connectivity index is 1.92. The fourth-order valence-electron chi connectivity index (χ4n) is 2.94. The van der Waals surface area contributed by atoms with Crippen LogP contribution in [-0.2, 0) is 24.9 Å². The molecule has 10 nitrogen and oxygen atoms in total. The van der Waals surface area contributed by atoms with Gasteiger partial charge in [-0.15, -0.1) is 10.2 Å². The highest BCUT2D eigenvalue weighted by Crippen LogP contribution is 2.11. The van der Waals surface area contributed by atoms with Crippen LogP contribution in [0.1, 0.15) is 24.7 Å². The van der Waals surface area contributed by atoms with Crippen LogP contribution in [0.2, 0.25) is 0 Å². The normalized spacial score (nSPS) is 12.3. The van der Waals surface area contributed by atoms with E-state index in [4.69, 9.17) is 0 Å². The molecule has 0 saturated carbocycles. The smallest absolute Gasteiger partial charge is 0.332 e. The summed E-state index contributed by atoms with van der Waals surface area (Å²) in [5, 5.41) is 10.5. The summed E-state index contributed by atoms with van der Waals surface area (Å²) in [6.45, 7) is 1.69. The van der Waals surface area contributed by atoms with Gasteiger partial charge in [0.15, 0.2) is 28.6 Å². The van der Waals surface area contributed by atoms with Gasteiger partial charge in [0.05, 0.1) is 13.1 Å². The van der Waals surface area contributed by atoms with Crippen LogP contribution in [0.5, 0.6) is 0 Å². The second-order valence-electron chi connectivity index (χ2n) is 7.68.